The number of nitrogens with two attached hydrogens (primary N) is 1. The van der Waals surface area contributed by atoms with Crippen molar-refractivity contribution in [2.24, 2.45) is 11.1 Å². The van der Waals surface area contributed by atoms with E-state index in [1.807, 2.05) is 30.3 Å². The van der Waals surface area contributed by atoms with Crippen LogP contribution in [-0.4, -0.2) is 36.2 Å². The van der Waals surface area contributed by atoms with Crippen LogP contribution in [0, 0.1) is 5.41 Å². The molecule has 0 amide bonds. The molecule has 3 nitrogen and oxygen atoms in total. The summed E-state index contributed by atoms with van der Waals surface area (Å²) < 4.78 is 0. The van der Waals surface area contributed by atoms with Gasteiger partial charge >= 0.3 is 0 Å². The first-order chi connectivity index (χ1) is 8.95. The highest BCUT2D eigenvalue weighted by molar-refractivity contribution is 5.23. The summed E-state index contributed by atoms with van der Waals surface area (Å²) in [4.78, 5) is 2.35. The summed E-state index contributed by atoms with van der Waals surface area (Å²) >= 11 is 0. The van der Waals surface area contributed by atoms with E-state index in [-0.39, 0.29) is 6.54 Å². The van der Waals surface area contributed by atoms with E-state index in [0.717, 1.165) is 18.7 Å². The maximum Gasteiger partial charge on any atom is 0.114 e. The minimum absolute atomic E-state index is 0.258. The Labute approximate surface area is 116 Å². The maximum atomic E-state index is 10.8. The number of benzene rings is 1. The molecule has 0 saturated carbocycles. The summed E-state index contributed by atoms with van der Waals surface area (Å²) in [7, 11) is 0. The van der Waals surface area contributed by atoms with Gasteiger partial charge in [0.15, 0.2) is 0 Å². The molecule has 0 radical (unpaired) electrons. The van der Waals surface area contributed by atoms with Crippen molar-refractivity contribution in [3.63, 3.8) is 0 Å². The highest BCUT2D eigenvalue weighted by Gasteiger charge is 2.34. The second kappa shape index (κ2) is 5.61. The van der Waals surface area contributed by atoms with Crippen molar-refractivity contribution < 1.29 is 5.11 Å². The van der Waals surface area contributed by atoms with Gasteiger partial charge in [0, 0.05) is 19.6 Å². The normalized spacial score (nSPS) is 22.9. The van der Waals surface area contributed by atoms with Crippen molar-refractivity contribution in [3.8, 4) is 0 Å². The molecule has 1 aliphatic rings. The topological polar surface area (TPSA) is 49.5 Å². The van der Waals surface area contributed by atoms with Crippen molar-refractivity contribution >= 4 is 0 Å². The second-order valence-corrected chi connectivity index (χ2v) is 6.58. The van der Waals surface area contributed by atoms with E-state index >= 15 is 0 Å². The molecule has 0 spiro atoms. The molecule has 1 aliphatic heterocycles. The molecule has 1 aromatic rings. The zero-order valence-corrected chi connectivity index (χ0v) is 12.1. The monoisotopic (exact) mass is 262 g/mol. The molecule has 3 heteroatoms. The highest BCUT2D eigenvalue weighted by Crippen LogP contribution is 2.30. The second-order valence-electron chi connectivity index (χ2n) is 6.58. The van der Waals surface area contributed by atoms with Crippen LogP contribution in [0.15, 0.2) is 30.3 Å². The first-order valence-corrected chi connectivity index (χ1v) is 7.16. The quantitative estimate of drug-likeness (QED) is 0.872. The third-order valence-corrected chi connectivity index (χ3v) is 4.11. The van der Waals surface area contributed by atoms with Crippen LogP contribution in [0.1, 0.15) is 32.3 Å². The molecule has 0 bridgehead atoms. The Morgan fingerprint density at radius 3 is 2.58 bits per heavy atom. The van der Waals surface area contributed by atoms with Gasteiger partial charge in [-0.15, -0.1) is 0 Å². The first-order valence-electron chi connectivity index (χ1n) is 7.16. The fourth-order valence-corrected chi connectivity index (χ4v) is 3.07. The Kier molecular flexibility index (Phi) is 4.29. The minimum atomic E-state index is -0.936. The zero-order chi connectivity index (χ0) is 13.9. The van der Waals surface area contributed by atoms with Crippen LogP contribution in [0.3, 0.4) is 0 Å². The first kappa shape index (κ1) is 14.5. The van der Waals surface area contributed by atoms with Gasteiger partial charge < -0.3 is 10.8 Å². The summed E-state index contributed by atoms with van der Waals surface area (Å²) in [5.74, 6) is 0. The predicted octanol–water partition coefficient (Wildman–Crippen LogP) is 1.95. The van der Waals surface area contributed by atoms with E-state index in [1.54, 1.807) is 0 Å². The molecule has 1 saturated heterocycles. The van der Waals surface area contributed by atoms with Gasteiger partial charge in [0.25, 0.3) is 0 Å². The number of β-amino-alcohol motifs (C(OH)–C–C–N with tert-alkyl or cyclic N) is 1. The van der Waals surface area contributed by atoms with Crippen LogP contribution in [0.4, 0.5) is 0 Å². The van der Waals surface area contributed by atoms with Crippen LogP contribution < -0.4 is 5.73 Å². The zero-order valence-electron chi connectivity index (χ0n) is 12.1. The molecular formula is C16H26N2O. The fraction of sp³-hybridized carbons (Fsp3) is 0.625. The molecule has 2 rings (SSSR count). The Balaban J connectivity index is 2.10. The van der Waals surface area contributed by atoms with Gasteiger partial charge in [-0.3, -0.25) is 4.90 Å². The molecule has 0 aromatic heterocycles. The molecule has 1 aromatic carbocycles. The van der Waals surface area contributed by atoms with Crippen LogP contribution in [0.2, 0.25) is 0 Å². The van der Waals surface area contributed by atoms with Gasteiger partial charge in [-0.1, -0.05) is 44.2 Å². The van der Waals surface area contributed by atoms with Crippen molar-refractivity contribution in [2.45, 2.75) is 32.3 Å². The Bertz CT molecular complexity index is 404. The van der Waals surface area contributed by atoms with Crippen LogP contribution in [0.25, 0.3) is 0 Å². The summed E-state index contributed by atoms with van der Waals surface area (Å²) in [5, 5.41) is 10.8. The van der Waals surface area contributed by atoms with E-state index in [0.29, 0.717) is 12.0 Å². The minimum Gasteiger partial charge on any atom is -0.382 e. The van der Waals surface area contributed by atoms with Gasteiger partial charge in [0.1, 0.15) is 5.60 Å². The van der Waals surface area contributed by atoms with Crippen molar-refractivity contribution in [2.75, 3.05) is 26.2 Å². The van der Waals surface area contributed by atoms with E-state index in [1.165, 1.54) is 12.8 Å². The SMILES string of the molecule is CC1(C)CCCN(CC(O)(CN)c2ccccc2)C1. The summed E-state index contributed by atoms with van der Waals surface area (Å²) in [5.41, 5.74) is 6.17. The average molecular weight is 262 g/mol. The number of likely N-dealkylation sites (tertiary alicyclic amines) is 1. The standard InChI is InChI=1S/C16H26N2O/c1-15(2)9-6-10-18(12-15)13-16(19,11-17)14-7-4-3-5-8-14/h3-5,7-8,19H,6,9-13,17H2,1-2H3. The number of nitrogens with zero attached hydrogens (tertiary/aromatic N) is 1. The predicted molar refractivity (Wildman–Crippen MR) is 78.8 cm³/mol. The molecule has 19 heavy (non-hydrogen) atoms. The lowest BCUT2D eigenvalue weighted by molar-refractivity contribution is -0.0143. The smallest absolute Gasteiger partial charge is 0.114 e. The number of hydrogen-bond donors (Lipinski definition) is 2. The summed E-state index contributed by atoms with van der Waals surface area (Å²) in [6, 6.07) is 9.79. The summed E-state index contributed by atoms with van der Waals surface area (Å²) in [6.07, 6.45) is 2.46. The lowest BCUT2D eigenvalue weighted by Crippen LogP contribution is -2.50. The Hall–Kier alpha value is -0.900. The van der Waals surface area contributed by atoms with Crippen molar-refractivity contribution in [1.82, 2.24) is 4.90 Å². The number of hydrogen-bond acceptors (Lipinski definition) is 3. The maximum absolute atomic E-state index is 10.8. The Morgan fingerprint density at radius 2 is 2.00 bits per heavy atom. The van der Waals surface area contributed by atoms with Gasteiger partial charge in [-0.25, -0.2) is 0 Å². The van der Waals surface area contributed by atoms with E-state index < -0.39 is 5.60 Å². The molecule has 1 fully saturated rings. The molecule has 3 N–H and O–H groups in total. The number of aliphatic hydroxyl groups is 1. The van der Waals surface area contributed by atoms with Gasteiger partial charge in [-0.05, 0) is 30.4 Å². The molecule has 1 heterocycles. The van der Waals surface area contributed by atoms with Crippen molar-refractivity contribution in [1.29, 1.82) is 0 Å². The fourth-order valence-electron chi connectivity index (χ4n) is 3.07. The average Bonchev–Trinajstić information content (AvgIpc) is 2.38. The molecular weight excluding hydrogens is 236 g/mol. The van der Waals surface area contributed by atoms with Gasteiger partial charge in [0.05, 0.1) is 0 Å². The van der Waals surface area contributed by atoms with Crippen LogP contribution in [0.5, 0.6) is 0 Å². The van der Waals surface area contributed by atoms with Crippen LogP contribution in [-0.2, 0) is 5.60 Å². The molecule has 106 valence electrons. The van der Waals surface area contributed by atoms with E-state index in [4.69, 9.17) is 5.73 Å². The lowest BCUT2D eigenvalue weighted by atomic mass is 9.83. The lowest BCUT2D eigenvalue weighted by Gasteiger charge is -2.42. The van der Waals surface area contributed by atoms with E-state index in [2.05, 4.69) is 18.7 Å². The number of rotatable bonds is 4. The van der Waals surface area contributed by atoms with Crippen LogP contribution >= 0.6 is 0 Å². The van der Waals surface area contributed by atoms with Gasteiger partial charge in [0.2, 0.25) is 0 Å². The number of piperidine rings is 1. The highest BCUT2D eigenvalue weighted by atomic mass is 16.3. The molecule has 0 aliphatic carbocycles. The van der Waals surface area contributed by atoms with Crippen molar-refractivity contribution in [3.05, 3.63) is 35.9 Å². The largest absolute Gasteiger partial charge is 0.382 e. The Morgan fingerprint density at radius 1 is 1.32 bits per heavy atom. The molecule has 1 atom stereocenters. The molecule has 1 unspecified atom stereocenters. The third kappa shape index (κ3) is 3.56. The summed E-state index contributed by atoms with van der Waals surface area (Å²) in [6.45, 7) is 7.55. The third-order valence-electron chi connectivity index (χ3n) is 4.11. The van der Waals surface area contributed by atoms with Gasteiger partial charge in [-0.2, -0.15) is 0 Å². The van der Waals surface area contributed by atoms with E-state index in [9.17, 15) is 5.11 Å².